The molecule has 0 unspecified atom stereocenters. The van der Waals surface area contributed by atoms with E-state index in [0.29, 0.717) is 19.7 Å². The Labute approximate surface area is 165 Å². The topological polar surface area (TPSA) is 87.9 Å². The molecule has 0 bridgehead atoms. The molecular formula is C21H26N4O3. The number of urea groups is 1. The molecule has 1 aliphatic rings. The van der Waals surface area contributed by atoms with Crippen molar-refractivity contribution < 1.29 is 14.3 Å². The number of rotatable bonds is 6. The number of carbonyl (C=O) groups is 2. The summed E-state index contributed by atoms with van der Waals surface area (Å²) < 4.78 is 5.75. The minimum atomic E-state index is -0.838. The average Bonchev–Trinajstić information content (AvgIpc) is 2.70. The molecule has 0 aromatic heterocycles. The van der Waals surface area contributed by atoms with Crippen LogP contribution in [0.25, 0.3) is 0 Å². The predicted octanol–water partition coefficient (Wildman–Crippen LogP) is 2.14. The number of anilines is 1. The summed E-state index contributed by atoms with van der Waals surface area (Å²) in [5, 5.41) is 2.23. The Balaban J connectivity index is 1.75. The summed E-state index contributed by atoms with van der Waals surface area (Å²) in [5.74, 6) is 0.464. The second-order valence-electron chi connectivity index (χ2n) is 6.59. The third-order valence-electron chi connectivity index (χ3n) is 4.80. The van der Waals surface area contributed by atoms with Crippen LogP contribution in [-0.2, 0) is 4.79 Å². The molecule has 1 fully saturated rings. The van der Waals surface area contributed by atoms with Crippen LogP contribution in [0, 0.1) is 0 Å². The molecule has 1 atom stereocenters. The van der Waals surface area contributed by atoms with E-state index in [9.17, 15) is 9.59 Å². The summed E-state index contributed by atoms with van der Waals surface area (Å²) >= 11 is 0. The molecule has 0 radical (unpaired) electrons. The van der Waals surface area contributed by atoms with Crippen molar-refractivity contribution in [2.45, 2.75) is 13.0 Å². The molecular weight excluding hydrogens is 356 g/mol. The van der Waals surface area contributed by atoms with Crippen molar-refractivity contribution in [2.24, 2.45) is 5.73 Å². The summed E-state index contributed by atoms with van der Waals surface area (Å²) in [6.45, 7) is 5.42. The van der Waals surface area contributed by atoms with E-state index in [0.717, 1.165) is 30.1 Å². The molecule has 148 valence electrons. The van der Waals surface area contributed by atoms with Crippen LogP contribution in [0.1, 0.15) is 18.5 Å². The molecule has 0 spiro atoms. The van der Waals surface area contributed by atoms with E-state index in [1.54, 1.807) is 0 Å². The van der Waals surface area contributed by atoms with Gasteiger partial charge in [-0.25, -0.2) is 4.79 Å². The van der Waals surface area contributed by atoms with Crippen molar-refractivity contribution in [1.82, 2.24) is 10.2 Å². The smallest absolute Gasteiger partial charge is 0.318 e. The van der Waals surface area contributed by atoms with Gasteiger partial charge in [0.15, 0.2) is 0 Å². The SMILES string of the molecule is CCOc1ccccc1N1CCN([C@@H](C(=O)NC(N)=O)c2ccccc2)CC1. The van der Waals surface area contributed by atoms with Crippen LogP contribution >= 0.6 is 0 Å². The number of nitrogens with zero attached hydrogens (tertiary/aromatic N) is 2. The number of amides is 3. The Morgan fingerprint density at radius 3 is 2.32 bits per heavy atom. The average molecular weight is 382 g/mol. The van der Waals surface area contributed by atoms with Crippen LogP contribution in [0.5, 0.6) is 5.75 Å². The number of primary amides is 1. The standard InChI is InChI=1S/C21H26N4O3/c1-2-28-18-11-7-6-10-17(18)24-12-14-25(15-13-24)19(20(26)23-21(22)27)16-8-4-3-5-9-16/h3-11,19H,2,12-15H2,1H3,(H3,22,23,26,27)/t19-/m1/s1. The largest absolute Gasteiger partial charge is 0.492 e. The number of piperazine rings is 1. The fourth-order valence-corrected chi connectivity index (χ4v) is 3.57. The first-order valence-corrected chi connectivity index (χ1v) is 9.46. The van der Waals surface area contributed by atoms with Gasteiger partial charge in [-0.05, 0) is 24.6 Å². The normalized spacial score (nSPS) is 15.7. The van der Waals surface area contributed by atoms with Crippen LogP contribution in [-0.4, -0.2) is 49.6 Å². The zero-order chi connectivity index (χ0) is 19.9. The van der Waals surface area contributed by atoms with E-state index >= 15 is 0 Å². The molecule has 3 rings (SSSR count). The first-order chi connectivity index (χ1) is 13.6. The zero-order valence-electron chi connectivity index (χ0n) is 16.0. The Kier molecular flexibility index (Phi) is 6.49. The number of hydrogen-bond donors (Lipinski definition) is 2. The van der Waals surface area contributed by atoms with E-state index in [1.807, 2.05) is 55.5 Å². The second-order valence-corrected chi connectivity index (χ2v) is 6.59. The van der Waals surface area contributed by atoms with Crippen molar-refractivity contribution in [3.63, 3.8) is 0 Å². The molecule has 1 aliphatic heterocycles. The number of nitrogens with two attached hydrogens (primary N) is 1. The highest BCUT2D eigenvalue weighted by molar-refractivity contribution is 5.96. The lowest BCUT2D eigenvalue weighted by atomic mass is 10.0. The highest BCUT2D eigenvalue weighted by Crippen LogP contribution is 2.30. The van der Waals surface area contributed by atoms with Gasteiger partial charge in [0.1, 0.15) is 11.8 Å². The zero-order valence-corrected chi connectivity index (χ0v) is 16.0. The van der Waals surface area contributed by atoms with Crippen molar-refractivity contribution in [3.05, 3.63) is 60.2 Å². The highest BCUT2D eigenvalue weighted by Gasteiger charge is 2.31. The first-order valence-electron chi connectivity index (χ1n) is 9.46. The van der Waals surface area contributed by atoms with Gasteiger partial charge in [-0.1, -0.05) is 42.5 Å². The molecule has 2 aromatic carbocycles. The van der Waals surface area contributed by atoms with Gasteiger partial charge < -0.3 is 15.4 Å². The predicted molar refractivity (Wildman–Crippen MR) is 108 cm³/mol. The van der Waals surface area contributed by atoms with Crippen LogP contribution < -0.4 is 20.7 Å². The third kappa shape index (κ3) is 4.61. The van der Waals surface area contributed by atoms with Crippen molar-refractivity contribution in [2.75, 3.05) is 37.7 Å². The van der Waals surface area contributed by atoms with Gasteiger partial charge in [-0.2, -0.15) is 0 Å². The lowest BCUT2D eigenvalue weighted by Crippen LogP contribution is -2.52. The number of ether oxygens (including phenoxy) is 1. The molecule has 1 heterocycles. The summed E-state index contributed by atoms with van der Waals surface area (Å²) in [5.41, 5.74) is 7.07. The summed E-state index contributed by atoms with van der Waals surface area (Å²) in [7, 11) is 0. The molecule has 1 saturated heterocycles. The highest BCUT2D eigenvalue weighted by atomic mass is 16.5. The van der Waals surface area contributed by atoms with E-state index < -0.39 is 18.0 Å². The molecule has 28 heavy (non-hydrogen) atoms. The van der Waals surface area contributed by atoms with Gasteiger partial charge in [-0.3, -0.25) is 15.0 Å². The fourth-order valence-electron chi connectivity index (χ4n) is 3.57. The third-order valence-corrected chi connectivity index (χ3v) is 4.80. The summed E-state index contributed by atoms with van der Waals surface area (Å²) in [6.07, 6.45) is 0. The lowest BCUT2D eigenvalue weighted by Gasteiger charge is -2.40. The first kappa shape index (κ1) is 19.7. The molecule has 7 heteroatoms. The van der Waals surface area contributed by atoms with Crippen molar-refractivity contribution >= 4 is 17.6 Å². The van der Waals surface area contributed by atoms with Crippen LogP contribution in [0.3, 0.4) is 0 Å². The van der Waals surface area contributed by atoms with Crippen LogP contribution in [0.15, 0.2) is 54.6 Å². The van der Waals surface area contributed by atoms with Crippen molar-refractivity contribution in [1.29, 1.82) is 0 Å². The minimum Gasteiger partial charge on any atom is -0.492 e. The number of carbonyl (C=O) groups excluding carboxylic acids is 2. The maximum Gasteiger partial charge on any atom is 0.318 e. The maximum atomic E-state index is 12.7. The van der Waals surface area contributed by atoms with E-state index in [2.05, 4.69) is 21.2 Å². The number of benzene rings is 2. The van der Waals surface area contributed by atoms with Crippen molar-refractivity contribution in [3.8, 4) is 5.75 Å². The second kappa shape index (κ2) is 9.23. The fraction of sp³-hybridized carbons (Fsp3) is 0.333. The molecule has 0 aliphatic carbocycles. The Morgan fingerprint density at radius 2 is 1.68 bits per heavy atom. The van der Waals surface area contributed by atoms with Gasteiger partial charge in [0.05, 0.1) is 12.3 Å². The molecule has 7 nitrogen and oxygen atoms in total. The van der Waals surface area contributed by atoms with Gasteiger partial charge in [0.2, 0.25) is 5.91 Å². The Bertz CT molecular complexity index is 804. The molecule has 2 aromatic rings. The number of para-hydroxylation sites is 2. The minimum absolute atomic E-state index is 0.401. The number of imide groups is 1. The van der Waals surface area contributed by atoms with Crippen LogP contribution in [0.2, 0.25) is 0 Å². The number of hydrogen-bond acceptors (Lipinski definition) is 5. The maximum absolute atomic E-state index is 12.7. The van der Waals surface area contributed by atoms with Gasteiger partial charge in [0, 0.05) is 26.2 Å². The summed E-state index contributed by atoms with van der Waals surface area (Å²) in [6, 6.07) is 16.0. The van der Waals surface area contributed by atoms with Gasteiger partial charge in [-0.15, -0.1) is 0 Å². The Morgan fingerprint density at radius 1 is 1.04 bits per heavy atom. The van der Waals surface area contributed by atoms with Crippen LogP contribution in [0.4, 0.5) is 10.5 Å². The molecule has 3 amide bonds. The quantitative estimate of drug-likeness (QED) is 0.799. The van der Waals surface area contributed by atoms with E-state index in [1.165, 1.54) is 0 Å². The summed E-state index contributed by atoms with van der Waals surface area (Å²) in [4.78, 5) is 28.2. The monoisotopic (exact) mass is 382 g/mol. The van der Waals surface area contributed by atoms with Gasteiger partial charge >= 0.3 is 6.03 Å². The number of nitrogens with one attached hydrogen (secondary N) is 1. The van der Waals surface area contributed by atoms with Gasteiger partial charge in [0.25, 0.3) is 0 Å². The molecule has 0 saturated carbocycles. The van der Waals surface area contributed by atoms with E-state index in [4.69, 9.17) is 10.5 Å². The Hall–Kier alpha value is -3.06. The molecule has 3 N–H and O–H groups in total. The lowest BCUT2D eigenvalue weighted by molar-refractivity contribution is -0.125. The van der Waals surface area contributed by atoms with E-state index in [-0.39, 0.29) is 0 Å².